The number of hydrogen-bond donors (Lipinski definition) is 0. The van der Waals surface area contributed by atoms with Gasteiger partial charge in [-0.2, -0.15) is 0 Å². The zero-order chi connectivity index (χ0) is 10.4. The van der Waals surface area contributed by atoms with Crippen LogP contribution in [-0.2, 0) is 6.42 Å². The molecule has 76 valence electrons. The average molecular weight is 190 g/mol. The Morgan fingerprint density at radius 1 is 1.43 bits per heavy atom. The Morgan fingerprint density at radius 3 is 2.79 bits per heavy atom. The molecule has 0 fully saturated rings. The van der Waals surface area contributed by atoms with E-state index in [1.165, 1.54) is 0 Å². The molecule has 0 radical (unpaired) electrons. The van der Waals surface area contributed by atoms with Gasteiger partial charge in [-0.1, -0.05) is 26.0 Å². The van der Waals surface area contributed by atoms with E-state index in [-0.39, 0.29) is 0 Å². The van der Waals surface area contributed by atoms with Crippen molar-refractivity contribution in [2.45, 2.75) is 33.6 Å². The lowest BCUT2D eigenvalue weighted by Crippen LogP contribution is -1.87. The second-order valence-corrected chi connectivity index (χ2v) is 3.14. The molecule has 14 heavy (non-hydrogen) atoms. The zero-order valence-corrected chi connectivity index (χ0v) is 9.20. The minimum absolute atomic E-state index is 0.984. The summed E-state index contributed by atoms with van der Waals surface area (Å²) in [5, 5.41) is 0. The van der Waals surface area contributed by atoms with E-state index in [0.29, 0.717) is 0 Å². The smallest absolute Gasteiger partial charge is 0.136 e. The van der Waals surface area contributed by atoms with Gasteiger partial charge in [0, 0.05) is 12.4 Å². The fourth-order valence-corrected chi connectivity index (χ4v) is 1.26. The van der Waals surface area contributed by atoms with Crippen LogP contribution in [0.25, 0.3) is 12.3 Å². The number of nitrogens with zero attached hydrogens (tertiary/aromatic N) is 2. The number of rotatable bonds is 4. The summed E-state index contributed by atoms with van der Waals surface area (Å²) >= 11 is 0. The van der Waals surface area contributed by atoms with Gasteiger partial charge >= 0.3 is 0 Å². The molecule has 0 amide bonds. The molecular weight excluding hydrogens is 172 g/mol. The van der Waals surface area contributed by atoms with Crippen LogP contribution >= 0.6 is 0 Å². The maximum atomic E-state index is 4.51. The highest BCUT2D eigenvalue weighted by Gasteiger charge is 2.00. The van der Waals surface area contributed by atoms with E-state index in [4.69, 9.17) is 0 Å². The van der Waals surface area contributed by atoms with Crippen molar-refractivity contribution < 1.29 is 0 Å². The molecule has 0 N–H and O–H groups in total. The summed E-state index contributed by atoms with van der Waals surface area (Å²) in [4.78, 5) is 4.51. The molecule has 0 bridgehead atoms. The minimum Gasteiger partial charge on any atom is -0.307 e. The Hall–Kier alpha value is -1.31. The Labute approximate surface area is 86.0 Å². The van der Waals surface area contributed by atoms with Gasteiger partial charge in [-0.25, -0.2) is 4.98 Å². The molecule has 1 aromatic heterocycles. The topological polar surface area (TPSA) is 17.8 Å². The lowest BCUT2D eigenvalue weighted by molar-refractivity contribution is 1.06. The molecule has 0 aromatic carbocycles. The molecule has 1 heterocycles. The molecule has 2 nitrogen and oxygen atoms in total. The van der Waals surface area contributed by atoms with Crippen LogP contribution in [0.4, 0.5) is 0 Å². The molecular formula is C12H18N2. The third-order valence-corrected chi connectivity index (χ3v) is 1.99. The lowest BCUT2D eigenvalue weighted by atomic mass is 10.4. The van der Waals surface area contributed by atoms with Crippen molar-refractivity contribution in [3.8, 4) is 0 Å². The molecule has 0 aliphatic rings. The number of aromatic nitrogens is 2. The SMILES string of the molecule is C/C=C\n1cc(CC)nc1/C=C\CC. The van der Waals surface area contributed by atoms with E-state index in [1.807, 2.05) is 19.2 Å². The Morgan fingerprint density at radius 2 is 2.21 bits per heavy atom. The first kappa shape index (κ1) is 10.8. The van der Waals surface area contributed by atoms with Gasteiger partial charge < -0.3 is 4.57 Å². The van der Waals surface area contributed by atoms with Crippen LogP contribution in [-0.4, -0.2) is 9.55 Å². The number of hydrogen-bond acceptors (Lipinski definition) is 1. The van der Waals surface area contributed by atoms with Crippen LogP contribution in [0.15, 0.2) is 18.3 Å². The van der Waals surface area contributed by atoms with Crippen molar-refractivity contribution in [2.75, 3.05) is 0 Å². The van der Waals surface area contributed by atoms with Crippen LogP contribution in [0.2, 0.25) is 0 Å². The van der Waals surface area contributed by atoms with Gasteiger partial charge in [0.15, 0.2) is 0 Å². The highest BCUT2D eigenvalue weighted by atomic mass is 15.0. The van der Waals surface area contributed by atoms with Crippen molar-refractivity contribution in [1.82, 2.24) is 9.55 Å². The summed E-state index contributed by atoms with van der Waals surface area (Å²) < 4.78 is 2.06. The van der Waals surface area contributed by atoms with Gasteiger partial charge in [0.2, 0.25) is 0 Å². The fourth-order valence-electron chi connectivity index (χ4n) is 1.26. The normalized spacial score (nSPS) is 11.9. The maximum absolute atomic E-state index is 4.51. The summed E-state index contributed by atoms with van der Waals surface area (Å²) in [6, 6.07) is 0. The Kier molecular flexibility index (Phi) is 4.17. The van der Waals surface area contributed by atoms with Crippen LogP contribution in [0.1, 0.15) is 38.7 Å². The molecule has 0 unspecified atom stereocenters. The minimum atomic E-state index is 0.984. The van der Waals surface area contributed by atoms with Crippen molar-refractivity contribution in [2.24, 2.45) is 0 Å². The van der Waals surface area contributed by atoms with Crippen molar-refractivity contribution >= 4 is 12.3 Å². The second-order valence-electron chi connectivity index (χ2n) is 3.14. The summed E-state index contributed by atoms with van der Waals surface area (Å²) in [5.41, 5.74) is 1.14. The van der Waals surface area contributed by atoms with Gasteiger partial charge in [0.25, 0.3) is 0 Å². The average Bonchev–Trinajstić information content (AvgIpc) is 2.58. The van der Waals surface area contributed by atoms with Gasteiger partial charge in [-0.15, -0.1) is 0 Å². The highest BCUT2D eigenvalue weighted by Crippen LogP contribution is 2.07. The number of allylic oxidation sites excluding steroid dienone is 2. The summed E-state index contributed by atoms with van der Waals surface area (Å²) in [7, 11) is 0. The van der Waals surface area contributed by atoms with Gasteiger partial charge in [-0.05, 0) is 25.8 Å². The Balaban J connectivity index is 2.99. The molecule has 0 spiro atoms. The zero-order valence-electron chi connectivity index (χ0n) is 9.20. The largest absolute Gasteiger partial charge is 0.307 e. The third kappa shape index (κ3) is 2.59. The van der Waals surface area contributed by atoms with Gasteiger partial charge in [-0.3, -0.25) is 0 Å². The molecule has 2 heteroatoms. The molecule has 0 saturated carbocycles. The van der Waals surface area contributed by atoms with Crippen LogP contribution in [0, 0.1) is 0 Å². The van der Waals surface area contributed by atoms with Crippen LogP contribution < -0.4 is 0 Å². The first-order valence-electron chi connectivity index (χ1n) is 5.18. The molecule has 1 rings (SSSR count). The summed E-state index contributed by atoms with van der Waals surface area (Å²) in [5.74, 6) is 1.02. The van der Waals surface area contributed by atoms with Gasteiger partial charge in [0.05, 0.1) is 5.69 Å². The molecule has 1 aromatic rings. The van der Waals surface area contributed by atoms with Crippen LogP contribution in [0.5, 0.6) is 0 Å². The van der Waals surface area contributed by atoms with Crippen molar-refractivity contribution in [3.63, 3.8) is 0 Å². The molecule has 0 aliphatic heterocycles. The predicted molar refractivity (Wildman–Crippen MR) is 61.9 cm³/mol. The fraction of sp³-hybridized carbons (Fsp3) is 0.417. The quantitative estimate of drug-likeness (QED) is 0.711. The Bertz CT molecular complexity index is 332. The maximum Gasteiger partial charge on any atom is 0.136 e. The standard InChI is InChI=1S/C12H18N2/c1-4-7-8-12-13-11(6-3)10-14(12)9-5-2/h5,7-10H,4,6H2,1-3H3/b8-7-,9-5-. The molecule has 0 aliphatic carbocycles. The van der Waals surface area contributed by atoms with Crippen molar-refractivity contribution in [3.05, 3.63) is 29.9 Å². The van der Waals surface area contributed by atoms with E-state index >= 15 is 0 Å². The first-order chi connectivity index (χ1) is 6.81. The van der Waals surface area contributed by atoms with E-state index in [0.717, 1.165) is 24.4 Å². The summed E-state index contributed by atoms with van der Waals surface area (Å²) in [6.07, 6.45) is 12.4. The van der Waals surface area contributed by atoms with E-state index in [2.05, 4.69) is 41.7 Å². The number of aryl methyl sites for hydroxylation is 1. The van der Waals surface area contributed by atoms with Crippen molar-refractivity contribution in [1.29, 1.82) is 0 Å². The molecule has 0 atom stereocenters. The number of imidazole rings is 1. The lowest BCUT2D eigenvalue weighted by Gasteiger charge is -1.94. The third-order valence-electron chi connectivity index (χ3n) is 1.99. The predicted octanol–water partition coefficient (Wildman–Crippen LogP) is 3.36. The van der Waals surface area contributed by atoms with E-state index < -0.39 is 0 Å². The second kappa shape index (κ2) is 5.43. The van der Waals surface area contributed by atoms with Gasteiger partial charge in [0.1, 0.15) is 5.82 Å². The van der Waals surface area contributed by atoms with E-state index in [1.54, 1.807) is 0 Å². The highest BCUT2D eigenvalue weighted by molar-refractivity contribution is 5.45. The molecule has 0 saturated heterocycles. The monoisotopic (exact) mass is 190 g/mol. The van der Waals surface area contributed by atoms with E-state index in [9.17, 15) is 0 Å². The first-order valence-corrected chi connectivity index (χ1v) is 5.18. The summed E-state index contributed by atoms with van der Waals surface area (Å²) in [6.45, 7) is 6.26. The van der Waals surface area contributed by atoms with Crippen LogP contribution in [0.3, 0.4) is 0 Å².